The van der Waals surface area contributed by atoms with Crippen molar-refractivity contribution in [2.75, 3.05) is 18.5 Å². The Balaban J connectivity index is 0.00000368. The summed E-state index contributed by atoms with van der Waals surface area (Å²) < 4.78 is 22.8. The Morgan fingerprint density at radius 2 is 1.91 bits per heavy atom. The van der Waals surface area contributed by atoms with E-state index in [-0.39, 0.29) is 82.2 Å². The first kappa shape index (κ1) is 40.7. The van der Waals surface area contributed by atoms with Gasteiger partial charge in [-0.25, -0.2) is 4.79 Å². The molecule has 3 amide bonds. The number of carboxylic acids is 1. The SMILES string of the molecule is CCOP(=O)([O-])CC(Sc1nn[nH]n1)C1=C(C(=O)[O-])N2C(=O)[C@@H](NC(=O)C(NC(=O)OC(C)(C)C)c3ccccc3)[C@@H]2SC1.[Na+].[Na+]. The van der Waals surface area contributed by atoms with Crippen molar-refractivity contribution in [3.8, 4) is 0 Å². The summed E-state index contributed by atoms with van der Waals surface area (Å²) >= 11 is 1.96. The number of β-lactam (4-membered cyclic amide) rings is 1. The molecule has 16 nitrogen and oxygen atoms in total. The zero-order valence-electron chi connectivity index (χ0n) is 26.0. The number of rotatable bonds is 12. The maximum Gasteiger partial charge on any atom is 1.00 e. The van der Waals surface area contributed by atoms with Crippen LogP contribution in [0.3, 0.4) is 0 Å². The zero-order chi connectivity index (χ0) is 32.2. The van der Waals surface area contributed by atoms with Gasteiger partial charge in [0, 0.05) is 17.2 Å². The van der Waals surface area contributed by atoms with E-state index in [0.717, 1.165) is 28.4 Å². The number of tetrazole rings is 1. The molecule has 0 radical (unpaired) electrons. The molecule has 1 saturated heterocycles. The summed E-state index contributed by atoms with van der Waals surface area (Å²) in [5, 5.41) is 29.0. The van der Waals surface area contributed by atoms with E-state index in [4.69, 9.17) is 9.26 Å². The standard InChI is InChI=1S/C25H32N7O9PS2.2Na/c1-5-40-42(38,39)11-15(44-23-28-30-31-29-23)14-12-43-21-17(20(34)32(21)18(14)22(35)36)26-19(33)16(13-9-7-6-8-10-13)27-24(37)41-25(2,3)4;;/h6-10,15-17,21H,5,11-12H2,1-4H3,(H,26,33)(H,27,37)(H,35,36)(H,38,39)(H,28,29,30,31);;/q;2*+1/p-2/t15?,16?,17-,21+;;/m1../s1. The van der Waals surface area contributed by atoms with Gasteiger partial charge in [0.15, 0.2) is 0 Å². The molecule has 0 aliphatic carbocycles. The summed E-state index contributed by atoms with van der Waals surface area (Å²) in [6, 6.07) is 5.94. The van der Waals surface area contributed by atoms with E-state index < -0.39 is 71.6 Å². The molecule has 2 aliphatic heterocycles. The minimum atomic E-state index is -4.44. The topological polar surface area (TPSA) is 232 Å². The summed E-state index contributed by atoms with van der Waals surface area (Å²) in [6.07, 6.45) is -1.47. The normalized spacial score (nSPS) is 20.0. The largest absolute Gasteiger partial charge is 1.00 e. The fraction of sp³-hybridized carbons (Fsp3) is 0.480. The number of carbonyl (C=O) groups is 4. The van der Waals surface area contributed by atoms with Crippen LogP contribution in [0.15, 0.2) is 46.8 Å². The Morgan fingerprint density at radius 3 is 2.48 bits per heavy atom. The Morgan fingerprint density at radius 1 is 1.24 bits per heavy atom. The van der Waals surface area contributed by atoms with Gasteiger partial charge in [0.1, 0.15) is 30.7 Å². The molecule has 3 N–H and O–H groups in total. The van der Waals surface area contributed by atoms with Gasteiger partial charge in [0.05, 0.1) is 18.3 Å². The van der Waals surface area contributed by atoms with Crippen LogP contribution in [0, 0.1) is 0 Å². The number of aromatic nitrogens is 4. The number of amides is 3. The molecule has 0 bridgehead atoms. The minimum absolute atomic E-state index is 0. The number of hydrogen-bond donors (Lipinski definition) is 3. The van der Waals surface area contributed by atoms with Gasteiger partial charge in [-0.05, 0) is 44.0 Å². The molecular formula is C25H30N7Na2O9PS2. The van der Waals surface area contributed by atoms with Crippen molar-refractivity contribution in [1.29, 1.82) is 0 Å². The Kier molecular flexibility index (Phi) is 15.3. The number of aliphatic carboxylic acids is 1. The van der Waals surface area contributed by atoms with Crippen molar-refractivity contribution in [2.24, 2.45) is 0 Å². The third-order valence-electron chi connectivity index (χ3n) is 6.22. The third kappa shape index (κ3) is 10.3. The average Bonchev–Trinajstić information content (AvgIpc) is 3.45. The van der Waals surface area contributed by atoms with E-state index in [2.05, 4.69) is 31.3 Å². The zero-order valence-corrected chi connectivity index (χ0v) is 32.6. The van der Waals surface area contributed by atoms with Crippen molar-refractivity contribution in [3.63, 3.8) is 0 Å². The van der Waals surface area contributed by atoms with E-state index >= 15 is 0 Å². The first-order valence-corrected chi connectivity index (χ1v) is 16.9. The number of ether oxygens (including phenoxy) is 1. The molecule has 3 unspecified atom stereocenters. The molecule has 21 heteroatoms. The van der Waals surface area contributed by atoms with Crippen LogP contribution in [0.4, 0.5) is 4.79 Å². The predicted octanol–water partition coefficient (Wildman–Crippen LogP) is -6.07. The number of nitrogens with one attached hydrogen (secondary N) is 3. The number of H-pyrrole nitrogens is 1. The van der Waals surface area contributed by atoms with Crippen molar-refractivity contribution < 1.29 is 102 Å². The average molecular weight is 714 g/mol. The molecule has 2 aromatic rings. The number of hydrogen-bond acceptors (Lipinski definition) is 14. The number of nitrogens with zero attached hydrogens (tertiary/aromatic N) is 4. The van der Waals surface area contributed by atoms with E-state index in [9.17, 15) is 33.7 Å². The number of fused-ring (bicyclic) bond motifs is 1. The fourth-order valence-electron chi connectivity index (χ4n) is 4.49. The van der Waals surface area contributed by atoms with E-state index in [0.29, 0.717) is 5.56 Å². The summed E-state index contributed by atoms with van der Waals surface area (Å²) in [6.45, 7) is 6.38. The number of thioether (sulfide) groups is 2. The summed E-state index contributed by atoms with van der Waals surface area (Å²) in [5.41, 5.74) is -0.832. The maximum absolute atomic E-state index is 13.4. The molecular weight excluding hydrogens is 683 g/mol. The number of benzene rings is 1. The van der Waals surface area contributed by atoms with Crippen molar-refractivity contribution in [3.05, 3.63) is 47.2 Å². The Bertz CT molecular complexity index is 1480. The van der Waals surface area contributed by atoms with E-state index in [1.165, 1.54) is 6.92 Å². The molecule has 1 fully saturated rings. The molecule has 1 aromatic carbocycles. The van der Waals surface area contributed by atoms with E-state index in [1.54, 1.807) is 51.1 Å². The fourth-order valence-corrected chi connectivity index (χ4v) is 8.76. The van der Waals surface area contributed by atoms with Crippen LogP contribution in [0.2, 0.25) is 0 Å². The second kappa shape index (κ2) is 17.3. The van der Waals surface area contributed by atoms with Crippen molar-refractivity contribution in [1.82, 2.24) is 36.2 Å². The van der Waals surface area contributed by atoms with Gasteiger partial charge in [-0.2, -0.15) is 5.21 Å². The first-order chi connectivity index (χ1) is 20.7. The maximum atomic E-state index is 13.4. The second-order valence-electron chi connectivity index (χ2n) is 10.6. The molecule has 5 atom stereocenters. The van der Waals surface area contributed by atoms with Crippen LogP contribution in [-0.4, -0.2) is 90.2 Å². The van der Waals surface area contributed by atoms with Crippen LogP contribution in [-0.2, 0) is 28.2 Å². The van der Waals surface area contributed by atoms with Gasteiger partial charge in [-0.15, -0.1) is 22.0 Å². The summed E-state index contributed by atoms with van der Waals surface area (Å²) in [4.78, 5) is 65.3. The molecule has 0 saturated carbocycles. The van der Waals surface area contributed by atoms with Crippen LogP contribution in [0.1, 0.15) is 39.3 Å². The Hall–Kier alpha value is -1.44. The van der Waals surface area contributed by atoms with Crippen molar-refractivity contribution >= 4 is 55.0 Å². The molecule has 1 aromatic heterocycles. The predicted molar refractivity (Wildman–Crippen MR) is 154 cm³/mol. The number of carboxylic acid groups (broad SMARTS) is 1. The molecule has 238 valence electrons. The number of alkyl carbamates (subject to hydrolysis) is 1. The monoisotopic (exact) mass is 713 g/mol. The molecule has 3 heterocycles. The van der Waals surface area contributed by atoms with Crippen molar-refractivity contribution in [2.45, 2.75) is 61.2 Å². The molecule has 4 rings (SSSR count). The van der Waals surface area contributed by atoms with Gasteiger partial charge in [0.2, 0.25) is 11.1 Å². The van der Waals surface area contributed by atoms with Crippen LogP contribution in [0.5, 0.6) is 0 Å². The van der Waals surface area contributed by atoms with Crippen LogP contribution in [0.25, 0.3) is 0 Å². The number of carbonyl (C=O) groups excluding carboxylic acids is 4. The number of aromatic amines is 1. The molecule has 46 heavy (non-hydrogen) atoms. The van der Waals surface area contributed by atoms with Gasteiger partial charge in [-0.3, -0.25) is 14.5 Å². The van der Waals surface area contributed by atoms with Gasteiger partial charge in [0.25, 0.3) is 5.91 Å². The smallest absolute Gasteiger partial charge is 0.778 e. The van der Waals surface area contributed by atoms with Crippen LogP contribution < -0.4 is 79.7 Å². The summed E-state index contributed by atoms with van der Waals surface area (Å²) in [5.74, 6) is -3.20. The van der Waals surface area contributed by atoms with E-state index in [1.807, 2.05) is 0 Å². The minimum Gasteiger partial charge on any atom is -0.778 e. The second-order valence-corrected chi connectivity index (χ2v) is 14.7. The quantitative estimate of drug-likeness (QED) is 0.0805. The van der Waals surface area contributed by atoms with Gasteiger partial charge < -0.3 is 39.3 Å². The van der Waals surface area contributed by atoms with Gasteiger partial charge in [-0.1, -0.05) is 42.1 Å². The third-order valence-corrected chi connectivity index (χ3v) is 10.4. The molecule has 0 spiro atoms. The Labute approximate surface area is 317 Å². The van der Waals surface area contributed by atoms with Gasteiger partial charge >= 0.3 is 65.2 Å². The van der Waals surface area contributed by atoms with Crippen LogP contribution >= 0.6 is 31.1 Å². The molecule has 2 aliphatic rings. The summed E-state index contributed by atoms with van der Waals surface area (Å²) in [7, 11) is -4.44. The first-order valence-electron chi connectivity index (χ1n) is 13.3.